The van der Waals surface area contributed by atoms with Crippen molar-refractivity contribution in [3.63, 3.8) is 0 Å². The SMILES string of the molecule is CC(C)Cc1cc(Cl)nc(COCC(F)(F)C(F)F)n1. The van der Waals surface area contributed by atoms with Crippen molar-refractivity contribution in [2.24, 2.45) is 5.92 Å². The zero-order valence-corrected chi connectivity index (χ0v) is 11.8. The predicted octanol–water partition coefficient (Wildman–Crippen LogP) is 3.75. The van der Waals surface area contributed by atoms with Crippen LogP contribution in [-0.4, -0.2) is 28.9 Å². The summed E-state index contributed by atoms with van der Waals surface area (Å²) in [6.07, 6.45) is -3.12. The van der Waals surface area contributed by atoms with E-state index in [1.165, 1.54) is 0 Å². The standard InChI is InChI=1S/C12H15ClF4N2O/c1-7(2)3-8-4-9(13)19-10(18-8)5-20-6-12(16,17)11(14)15/h4,7,11H,3,5-6H2,1-2H3. The van der Waals surface area contributed by atoms with Crippen molar-refractivity contribution in [1.82, 2.24) is 9.97 Å². The summed E-state index contributed by atoms with van der Waals surface area (Å²) >= 11 is 5.78. The van der Waals surface area contributed by atoms with E-state index in [1.807, 2.05) is 13.8 Å². The molecule has 0 aliphatic rings. The number of alkyl halides is 4. The van der Waals surface area contributed by atoms with Gasteiger partial charge in [-0.05, 0) is 18.4 Å². The van der Waals surface area contributed by atoms with Crippen LogP contribution in [-0.2, 0) is 17.8 Å². The molecule has 20 heavy (non-hydrogen) atoms. The van der Waals surface area contributed by atoms with Crippen molar-refractivity contribution in [3.05, 3.63) is 22.7 Å². The Bertz CT molecular complexity index is 443. The average molecular weight is 315 g/mol. The van der Waals surface area contributed by atoms with E-state index in [9.17, 15) is 17.6 Å². The van der Waals surface area contributed by atoms with Crippen LogP contribution in [0.25, 0.3) is 0 Å². The molecule has 3 nitrogen and oxygen atoms in total. The molecule has 8 heteroatoms. The molecule has 1 rings (SSSR count). The minimum absolute atomic E-state index is 0.0956. The van der Waals surface area contributed by atoms with Crippen molar-refractivity contribution in [2.45, 2.75) is 39.2 Å². The first-order chi connectivity index (χ1) is 9.20. The van der Waals surface area contributed by atoms with E-state index < -0.39 is 25.6 Å². The summed E-state index contributed by atoms with van der Waals surface area (Å²) in [6.45, 7) is 2.18. The molecule has 114 valence electrons. The highest BCUT2D eigenvalue weighted by Gasteiger charge is 2.41. The number of aromatic nitrogens is 2. The van der Waals surface area contributed by atoms with E-state index in [4.69, 9.17) is 11.6 Å². The van der Waals surface area contributed by atoms with Gasteiger partial charge in [0.1, 0.15) is 18.4 Å². The first-order valence-corrected chi connectivity index (χ1v) is 6.34. The fraction of sp³-hybridized carbons (Fsp3) is 0.667. The van der Waals surface area contributed by atoms with Crippen LogP contribution in [0, 0.1) is 5.92 Å². The molecule has 1 aromatic heterocycles. The van der Waals surface area contributed by atoms with Crippen LogP contribution < -0.4 is 0 Å². The molecular formula is C12H15ClF4N2O. The highest BCUT2D eigenvalue weighted by molar-refractivity contribution is 6.29. The Labute approximate surface area is 119 Å². The van der Waals surface area contributed by atoms with Crippen molar-refractivity contribution in [3.8, 4) is 0 Å². The molecule has 0 bridgehead atoms. The molecule has 0 radical (unpaired) electrons. The number of ether oxygens (including phenoxy) is 1. The van der Waals surface area contributed by atoms with E-state index in [1.54, 1.807) is 6.07 Å². The Morgan fingerprint density at radius 3 is 2.50 bits per heavy atom. The van der Waals surface area contributed by atoms with Gasteiger partial charge in [0.15, 0.2) is 5.82 Å². The Morgan fingerprint density at radius 1 is 1.30 bits per heavy atom. The highest BCUT2D eigenvalue weighted by atomic mass is 35.5. The molecule has 0 aromatic carbocycles. The van der Waals surface area contributed by atoms with Crippen molar-refractivity contribution >= 4 is 11.6 Å². The van der Waals surface area contributed by atoms with Crippen molar-refractivity contribution < 1.29 is 22.3 Å². The van der Waals surface area contributed by atoms with Crippen LogP contribution in [0.4, 0.5) is 17.6 Å². The van der Waals surface area contributed by atoms with Gasteiger partial charge in [0.2, 0.25) is 0 Å². The minimum Gasteiger partial charge on any atom is -0.367 e. The summed E-state index contributed by atoms with van der Waals surface area (Å²) in [5, 5.41) is 0.162. The van der Waals surface area contributed by atoms with E-state index in [2.05, 4.69) is 14.7 Å². The number of halogens is 5. The lowest BCUT2D eigenvalue weighted by atomic mass is 10.1. The normalized spacial score (nSPS) is 12.4. The van der Waals surface area contributed by atoms with Gasteiger partial charge in [-0.1, -0.05) is 25.4 Å². The van der Waals surface area contributed by atoms with Crippen LogP contribution in [0.5, 0.6) is 0 Å². The average Bonchev–Trinajstić information content (AvgIpc) is 2.26. The first-order valence-electron chi connectivity index (χ1n) is 5.96. The van der Waals surface area contributed by atoms with Crippen LogP contribution in [0.15, 0.2) is 6.07 Å². The van der Waals surface area contributed by atoms with Gasteiger partial charge in [-0.2, -0.15) is 8.78 Å². The van der Waals surface area contributed by atoms with Crippen LogP contribution >= 0.6 is 11.6 Å². The summed E-state index contributed by atoms with van der Waals surface area (Å²) in [7, 11) is 0. The van der Waals surface area contributed by atoms with Gasteiger partial charge in [-0.25, -0.2) is 18.7 Å². The summed E-state index contributed by atoms with van der Waals surface area (Å²) in [4.78, 5) is 7.89. The molecule has 0 N–H and O–H groups in total. The number of nitrogens with zero attached hydrogens (tertiary/aromatic N) is 2. The molecule has 0 aliphatic heterocycles. The lowest BCUT2D eigenvalue weighted by Gasteiger charge is -2.15. The van der Waals surface area contributed by atoms with Gasteiger partial charge >= 0.3 is 12.3 Å². The predicted molar refractivity (Wildman–Crippen MR) is 66.2 cm³/mol. The lowest BCUT2D eigenvalue weighted by Crippen LogP contribution is -2.32. The molecule has 0 aliphatic carbocycles. The second kappa shape index (κ2) is 7.17. The molecular weight excluding hydrogens is 300 g/mol. The third-order valence-electron chi connectivity index (χ3n) is 2.26. The molecule has 0 unspecified atom stereocenters. The summed E-state index contributed by atoms with van der Waals surface area (Å²) < 4.78 is 53.7. The number of hydrogen-bond acceptors (Lipinski definition) is 3. The van der Waals surface area contributed by atoms with E-state index in [0.717, 1.165) is 0 Å². The molecule has 1 heterocycles. The maximum absolute atomic E-state index is 12.6. The molecule has 0 spiro atoms. The monoisotopic (exact) mass is 314 g/mol. The van der Waals surface area contributed by atoms with Crippen LogP contribution in [0.3, 0.4) is 0 Å². The van der Waals surface area contributed by atoms with Crippen molar-refractivity contribution in [2.75, 3.05) is 6.61 Å². The zero-order valence-electron chi connectivity index (χ0n) is 11.0. The van der Waals surface area contributed by atoms with Gasteiger partial charge in [0.05, 0.1) is 0 Å². The fourth-order valence-electron chi connectivity index (χ4n) is 1.44. The van der Waals surface area contributed by atoms with Gasteiger partial charge in [-0.3, -0.25) is 0 Å². The highest BCUT2D eigenvalue weighted by Crippen LogP contribution is 2.23. The van der Waals surface area contributed by atoms with Crippen LogP contribution in [0.2, 0.25) is 5.15 Å². The maximum atomic E-state index is 12.6. The fourth-order valence-corrected chi connectivity index (χ4v) is 1.67. The quantitative estimate of drug-likeness (QED) is 0.568. The smallest absolute Gasteiger partial charge is 0.330 e. The lowest BCUT2D eigenvalue weighted by molar-refractivity contribution is -0.168. The number of rotatable bonds is 7. The summed E-state index contributed by atoms with van der Waals surface area (Å²) in [5.74, 6) is -3.75. The maximum Gasteiger partial charge on any atom is 0.330 e. The minimum atomic E-state index is -4.18. The Balaban J connectivity index is 2.62. The van der Waals surface area contributed by atoms with Crippen LogP contribution in [0.1, 0.15) is 25.4 Å². The molecule has 0 fully saturated rings. The van der Waals surface area contributed by atoms with E-state index in [-0.39, 0.29) is 11.0 Å². The van der Waals surface area contributed by atoms with Gasteiger partial charge < -0.3 is 4.74 Å². The third-order valence-corrected chi connectivity index (χ3v) is 2.45. The van der Waals surface area contributed by atoms with E-state index >= 15 is 0 Å². The van der Waals surface area contributed by atoms with Gasteiger partial charge in [0, 0.05) is 5.69 Å². The second-order valence-electron chi connectivity index (χ2n) is 4.75. The number of hydrogen-bond donors (Lipinski definition) is 0. The summed E-state index contributed by atoms with van der Waals surface area (Å²) in [6, 6.07) is 1.57. The largest absolute Gasteiger partial charge is 0.367 e. The molecule has 1 aromatic rings. The third kappa shape index (κ3) is 5.58. The Morgan fingerprint density at radius 2 is 1.95 bits per heavy atom. The molecule has 0 amide bonds. The van der Waals surface area contributed by atoms with Crippen molar-refractivity contribution in [1.29, 1.82) is 0 Å². The Kier molecular flexibility index (Phi) is 6.13. The second-order valence-corrected chi connectivity index (χ2v) is 5.14. The van der Waals surface area contributed by atoms with Gasteiger partial charge in [0.25, 0.3) is 0 Å². The molecule has 0 atom stereocenters. The Hall–Kier alpha value is -0.950. The molecule has 0 saturated heterocycles. The van der Waals surface area contributed by atoms with E-state index in [0.29, 0.717) is 18.0 Å². The first kappa shape index (κ1) is 17.1. The summed E-state index contributed by atoms with van der Waals surface area (Å²) in [5.41, 5.74) is 0.652. The molecule has 0 saturated carbocycles. The van der Waals surface area contributed by atoms with Gasteiger partial charge in [-0.15, -0.1) is 0 Å². The zero-order chi connectivity index (χ0) is 15.3. The topological polar surface area (TPSA) is 35.0 Å².